The van der Waals surface area contributed by atoms with Gasteiger partial charge < -0.3 is 19.8 Å². The highest BCUT2D eigenvalue weighted by atomic mass is 16.6. The molecule has 2 rings (SSSR count). The molecule has 0 aromatic heterocycles. The van der Waals surface area contributed by atoms with Crippen molar-refractivity contribution in [2.75, 3.05) is 19.8 Å². The second kappa shape index (κ2) is 7.11. The van der Waals surface area contributed by atoms with E-state index in [9.17, 15) is 0 Å². The zero-order chi connectivity index (χ0) is 14.5. The SMILES string of the molecule is CCCOc1ccc(CC)c2c1B(OCC)O[C@@H]2CN. The van der Waals surface area contributed by atoms with Gasteiger partial charge in [-0.25, -0.2) is 0 Å². The highest BCUT2D eigenvalue weighted by Gasteiger charge is 2.40. The number of rotatable bonds is 7. The smallest absolute Gasteiger partial charge is 0.494 e. The van der Waals surface area contributed by atoms with E-state index >= 15 is 0 Å². The Morgan fingerprint density at radius 3 is 2.70 bits per heavy atom. The molecule has 0 amide bonds. The van der Waals surface area contributed by atoms with Crippen molar-refractivity contribution in [3.63, 3.8) is 0 Å². The average molecular weight is 277 g/mol. The largest absolute Gasteiger partial charge is 0.498 e. The fourth-order valence-electron chi connectivity index (χ4n) is 2.66. The molecule has 1 aliphatic rings. The van der Waals surface area contributed by atoms with Gasteiger partial charge in [-0.3, -0.25) is 0 Å². The molecule has 5 heteroatoms. The van der Waals surface area contributed by atoms with Crippen LogP contribution < -0.4 is 15.9 Å². The van der Waals surface area contributed by atoms with E-state index in [4.69, 9.17) is 19.8 Å². The lowest BCUT2D eigenvalue weighted by molar-refractivity contribution is 0.167. The summed E-state index contributed by atoms with van der Waals surface area (Å²) in [4.78, 5) is 0. The predicted octanol–water partition coefficient (Wildman–Crippen LogP) is 1.80. The second-order valence-corrected chi connectivity index (χ2v) is 4.90. The van der Waals surface area contributed by atoms with Crippen LogP contribution in [0.2, 0.25) is 0 Å². The number of hydrogen-bond donors (Lipinski definition) is 1. The molecule has 0 saturated heterocycles. The molecule has 0 saturated carbocycles. The fraction of sp³-hybridized carbons (Fsp3) is 0.600. The number of ether oxygens (including phenoxy) is 1. The van der Waals surface area contributed by atoms with Crippen molar-refractivity contribution >= 4 is 12.6 Å². The van der Waals surface area contributed by atoms with Gasteiger partial charge in [0, 0.05) is 18.6 Å². The van der Waals surface area contributed by atoms with Crippen molar-refractivity contribution in [2.24, 2.45) is 5.73 Å². The minimum atomic E-state index is -0.359. The quantitative estimate of drug-likeness (QED) is 0.772. The topological polar surface area (TPSA) is 53.7 Å². The van der Waals surface area contributed by atoms with Crippen molar-refractivity contribution in [1.29, 1.82) is 0 Å². The molecule has 1 aromatic carbocycles. The van der Waals surface area contributed by atoms with Crippen LogP contribution in [0.4, 0.5) is 0 Å². The Labute approximate surface area is 121 Å². The molecule has 110 valence electrons. The lowest BCUT2D eigenvalue weighted by Crippen LogP contribution is -2.34. The zero-order valence-corrected chi connectivity index (χ0v) is 12.6. The van der Waals surface area contributed by atoms with Gasteiger partial charge in [0.15, 0.2) is 0 Å². The lowest BCUT2D eigenvalue weighted by atomic mass is 9.76. The molecule has 4 nitrogen and oxygen atoms in total. The van der Waals surface area contributed by atoms with E-state index in [1.807, 2.05) is 13.0 Å². The fourth-order valence-corrected chi connectivity index (χ4v) is 2.66. The Morgan fingerprint density at radius 1 is 1.30 bits per heavy atom. The number of nitrogens with two attached hydrogens (primary N) is 1. The van der Waals surface area contributed by atoms with Gasteiger partial charge in [0.25, 0.3) is 0 Å². The van der Waals surface area contributed by atoms with E-state index in [1.54, 1.807) is 0 Å². The molecule has 1 aliphatic heterocycles. The van der Waals surface area contributed by atoms with Gasteiger partial charge in [-0.05, 0) is 37.0 Å². The molecule has 1 heterocycles. The van der Waals surface area contributed by atoms with Gasteiger partial charge >= 0.3 is 7.12 Å². The minimum Gasteiger partial charge on any atom is -0.494 e. The zero-order valence-electron chi connectivity index (χ0n) is 12.6. The summed E-state index contributed by atoms with van der Waals surface area (Å²) in [7, 11) is -0.359. The summed E-state index contributed by atoms with van der Waals surface area (Å²) in [5.41, 5.74) is 9.33. The van der Waals surface area contributed by atoms with Crippen LogP contribution in [-0.4, -0.2) is 26.9 Å². The van der Waals surface area contributed by atoms with E-state index in [2.05, 4.69) is 19.9 Å². The van der Waals surface area contributed by atoms with Crippen molar-refractivity contribution in [3.8, 4) is 5.75 Å². The first-order chi connectivity index (χ1) is 9.76. The summed E-state index contributed by atoms with van der Waals surface area (Å²) < 4.78 is 17.5. The molecule has 0 unspecified atom stereocenters. The second-order valence-electron chi connectivity index (χ2n) is 4.90. The van der Waals surface area contributed by atoms with Crippen molar-refractivity contribution in [2.45, 2.75) is 39.7 Å². The Morgan fingerprint density at radius 2 is 2.10 bits per heavy atom. The molecule has 0 spiro atoms. The number of hydrogen-bond acceptors (Lipinski definition) is 4. The van der Waals surface area contributed by atoms with Crippen LogP contribution in [0.3, 0.4) is 0 Å². The maximum absolute atomic E-state index is 5.96. The van der Waals surface area contributed by atoms with E-state index < -0.39 is 0 Å². The average Bonchev–Trinajstić information content (AvgIpc) is 2.84. The van der Waals surface area contributed by atoms with Gasteiger partial charge in [0.1, 0.15) is 5.75 Å². The number of benzene rings is 1. The number of fused-ring (bicyclic) bond motifs is 1. The molecule has 0 radical (unpaired) electrons. The van der Waals surface area contributed by atoms with Crippen molar-refractivity contribution in [3.05, 3.63) is 23.3 Å². The first kappa shape index (κ1) is 15.4. The molecule has 20 heavy (non-hydrogen) atoms. The Bertz CT molecular complexity index is 453. The Kier molecular flexibility index (Phi) is 5.46. The summed E-state index contributed by atoms with van der Waals surface area (Å²) in [5, 5.41) is 0. The molecule has 0 bridgehead atoms. The van der Waals surface area contributed by atoms with Gasteiger partial charge in [-0.15, -0.1) is 0 Å². The molecule has 1 aromatic rings. The minimum absolute atomic E-state index is 0.0957. The summed E-state index contributed by atoms with van der Waals surface area (Å²) in [6, 6.07) is 4.14. The third-order valence-corrected chi connectivity index (χ3v) is 3.56. The van der Waals surface area contributed by atoms with Crippen LogP contribution in [0.5, 0.6) is 5.75 Å². The van der Waals surface area contributed by atoms with Crippen LogP contribution in [-0.2, 0) is 15.7 Å². The van der Waals surface area contributed by atoms with Gasteiger partial charge in [0.2, 0.25) is 0 Å². The van der Waals surface area contributed by atoms with Crippen LogP contribution in [0.15, 0.2) is 12.1 Å². The van der Waals surface area contributed by atoms with Gasteiger partial charge in [-0.1, -0.05) is 19.9 Å². The first-order valence-electron chi connectivity index (χ1n) is 7.52. The summed E-state index contributed by atoms with van der Waals surface area (Å²) in [6.45, 7) is 7.97. The normalized spacial score (nSPS) is 17.4. The molecule has 0 fully saturated rings. The van der Waals surface area contributed by atoms with E-state index in [-0.39, 0.29) is 13.2 Å². The standard InChI is InChI=1S/C15H24BNO3/c1-4-9-18-12-8-7-11(5-2)14-13(10-17)20-16(15(12)14)19-6-3/h7-8,13H,4-6,9-10,17H2,1-3H3/t13-/m1/s1. The molecule has 2 N–H and O–H groups in total. The maximum Gasteiger partial charge on any atom is 0.498 e. The van der Waals surface area contributed by atoms with Crippen LogP contribution in [0.1, 0.15) is 44.4 Å². The van der Waals surface area contributed by atoms with Crippen molar-refractivity contribution in [1.82, 2.24) is 0 Å². The maximum atomic E-state index is 5.96. The van der Waals surface area contributed by atoms with E-state index in [0.717, 1.165) is 24.1 Å². The molecule has 1 atom stereocenters. The Balaban J connectivity index is 2.45. The monoisotopic (exact) mass is 277 g/mol. The van der Waals surface area contributed by atoms with Crippen LogP contribution >= 0.6 is 0 Å². The van der Waals surface area contributed by atoms with Crippen LogP contribution in [0, 0.1) is 0 Å². The molecular formula is C15H24BNO3. The van der Waals surface area contributed by atoms with Gasteiger partial charge in [-0.2, -0.15) is 0 Å². The van der Waals surface area contributed by atoms with E-state index in [1.165, 1.54) is 11.1 Å². The third-order valence-electron chi connectivity index (χ3n) is 3.56. The predicted molar refractivity (Wildman–Crippen MR) is 81.5 cm³/mol. The van der Waals surface area contributed by atoms with E-state index in [0.29, 0.717) is 19.8 Å². The van der Waals surface area contributed by atoms with Gasteiger partial charge in [0.05, 0.1) is 12.7 Å². The summed E-state index contributed by atoms with van der Waals surface area (Å²) in [5.74, 6) is 0.869. The Hall–Kier alpha value is -1.04. The summed E-state index contributed by atoms with van der Waals surface area (Å²) in [6.07, 6.45) is 1.83. The number of aryl methyl sites for hydroxylation is 1. The first-order valence-corrected chi connectivity index (χ1v) is 7.52. The third kappa shape index (κ3) is 2.85. The van der Waals surface area contributed by atoms with Crippen LogP contribution in [0.25, 0.3) is 0 Å². The molecular weight excluding hydrogens is 253 g/mol. The summed E-state index contributed by atoms with van der Waals surface area (Å²) >= 11 is 0. The highest BCUT2D eigenvalue weighted by molar-refractivity contribution is 6.64. The lowest BCUT2D eigenvalue weighted by Gasteiger charge is -2.15. The van der Waals surface area contributed by atoms with Crippen molar-refractivity contribution < 1.29 is 14.0 Å². The molecule has 0 aliphatic carbocycles. The highest BCUT2D eigenvalue weighted by Crippen LogP contribution is 2.31.